The van der Waals surface area contributed by atoms with Gasteiger partial charge in [-0.25, -0.2) is 0 Å². The lowest BCUT2D eigenvalue weighted by atomic mass is 9.45. The van der Waals surface area contributed by atoms with Crippen molar-refractivity contribution in [3.8, 4) is 0 Å². The Labute approximate surface area is 168 Å². The van der Waals surface area contributed by atoms with Crippen molar-refractivity contribution < 1.29 is 5.11 Å². The van der Waals surface area contributed by atoms with Gasteiger partial charge in [0.1, 0.15) is 0 Å². The molecule has 4 aliphatic carbocycles. The maximum Gasteiger partial charge on any atom is 0.0577 e. The molecule has 1 N–H and O–H groups in total. The van der Waals surface area contributed by atoms with E-state index < -0.39 is 0 Å². The Morgan fingerprint density at radius 1 is 1.07 bits per heavy atom. The van der Waals surface area contributed by atoms with Gasteiger partial charge in [0.2, 0.25) is 0 Å². The highest BCUT2D eigenvalue weighted by atomic mass is 32.1. The highest BCUT2D eigenvalue weighted by Crippen LogP contribution is 2.68. The second-order valence-electron chi connectivity index (χ2n) is 10.4. The van der Waals surface area contributed by atoms with Gasteiger partial charge in [0.05, 0.1) is 6.10 Å². The summed E-state index contributed by atoms with van der Waals surface area (Å²) in [5.41, 5.74) is 5.60. The minimum atomic E-state index is -0.109. The lowest BCUT2D eigenvalue weighted by Crippen LogP contribution is -2.52. The zero-order valence-electron chi connectivity index (χ0n) is 17.3. The highest BCUT2D eigenvalue weighted by molar-refractivity contribution is 7.11. The predicted octanol–water partition coefficient (Wildman–Crippen LogP) is 6.70. The Morgan fingerprint density at radius 3 is 2.59 bits per heavy atom. The van der Waals surface area contributed by atoms with Crippen LogP contribution >= 0.6 is 11.3 Å². The fraction of sp³-hybridized carbons (Fsp3) is 0.680. The molecule has 0 bridgehead atoms. The maximum atomic E-state index is 10.3. The van der Waals surface area contributed by atoms with E-state index in [1.807, 2.05) is 11.3 Å². The van der Waals surface area contributed by atoms with Crippen molar-refractivity contribution in [1.29, 1.82) is 0 Å². The fourth-order valence-corrected chi connectivity index (χ4v) is 8.83. The zero-order valence-corrected chi connectivity index (χ0v) is 18.1. The average Bonchev–Trinajstić information content (AvgIpc) is 3.21. The number of aliphatic hydroxyl groups is 1. The second-order valence-corrected chi connectivity index (χ2v) is 11.4. The molecule has 1 heterocycles. The summed E-state index contributed by atoms with van der Waals surface area (Å²) in [6.45, 7) is 9.99. The van der Waals surface area contributed by atoms with Crippen LogP contribution in [0.5, 0.6) is 0 Å². The predicted molar refractivity (Wildman–Crippen MR) is 115 cm³/mol. The summed E-state index contributed by atoms with van der Waals surface area (Å²) in [4.78, 5) is 1.52. The van der Waals surface area contributed by atoms with E-state index in [4.69, 9.17) is 0 Å². The Bertz CT molecular complexity index is 802. The molecular weight excluding hydrogens is 348 g/mol. The summed E-state index contributed by atoms with van der Waals surface area (Å²) in [7, 11) is 0. The van der Waals surface area contributed by atoms with E-state index in [0.29, 0.717) is 16.7 Å². The van der Waals surface area contributed by atoms with Gasteiger partial charge in [-0.3, -0.25) is 0 Å². The Hall–Kier alpha value is -0.860. The Morgan fingerprint density at radius 2 is 1.85 bits per heavy atom. The number of aliphatic hydroxyl groups excluding tert-OH is 1. The zero-order chi connectivity index (χ0) is 19.0. The summed E-state index contributed by atoms with van der Waals surface area (Å²) in [5, 5.41) is 12.5. The van der Waals surface area contributed by atoms with Crippen molar-refractivity contribution in [3.63, 3.8) is 0 Å². The van der Waals surface area contributed by atoms with E-state index in [2.05, 4.69) is 51.3 Å². The second kappa shape index (κ2) is 6.07. The fourth-order valence-electron chi connectivity index (χ4n) is 7.84. The molecule has 0 amide bonds. The molecule has 1 nitrogen and oxygen atoms in total. The molecule has 7 atom stereocenters. The van der Waals surface area contributed by atoms with Gasteiger partial charge in [0.25, 0.3) is 0 Å². The summed E-state index contributed by atoms with van der Waals surface area (Å²) < 4.78 is 0. The molecule has 0 aliphatic heterocycles. The quantitative estimate of drug-likeness (QED) is 0.536. The Kier molecular flexibility index (Phi) is 4.09. The van der Waals surface area contributed by atoms with Crippen molar-refractivity contribution in [1.82, 2.24) is 0 Å². The molecule has 2 fully saturated rings. The van der Waals surface area contributed by atoms with Gasteiger partial charge in [-0.1, -0.05) is 44.1 Å². The number of thiophene rings is 1. The summed E-state index contributed by atoms with van der Waals surface area (Å²) in [6.07, 6.45) is 9.55. The van der Waals surface area contributed by atoms with E-state index in [1.165, 1.54) is 30.6 Å². The van der Waals surface area contributed by atoms with Crippen LogP contribution in [0.3, 0.4) is 0 Å². The molecule has 146 valence electrons. The van der Waals surface area contributed by atoms with Crippen molar-refractivity contribution in [2.45, 2.75) is 72.3 Å². The first-order valence-electron chi connectivity index (χ1n) is 11.0. The number of rotatable bonds is 1. The van der Waals surface area contributed by atoms with Gasteiger partial charge in [-0.15, -0.1) is 11.3 Å². The van der Waals surface area contributed by atoms with Crippen molar-refractivity contribution in [2.75, 3.05) is 0 Å². The number of hydrogen-bond donors (Lipinski definition) is 1. The van der Waals surface area contributed by atoms with Gasteiger partial charge >= 0.3 is 0 Å². The van der Waals surface area contributed by atoms with Crippen LogP contribution < -0.4 is 0 Å². The van der Waals surface area contributed by atoms with Crippen LogP contribution in [0.25, 0.3) is 5.57 Å². The average molecular weight is 383 g/mol. The Balaban J connectivity index is 1.55. The molecule has 27 heavy (non-hydrogen) atoms. The first kappa shape index (κ1) is 18.2. The van der Waals surface area contributed by atoms with E-state index in [-0.39, 0.29) is 6.10 Å². The van der Waals surface area contributed by atoms with Crippen LogP contribution in [0, 0.1) is 34.5 Å². The SMILES string of the molecule is CC1=C(c2cccs2)[C@@]2(C)CC[C@@H]3[C@@H](C(C)C=C4CC(O)CC[C@@]43C)[C@@H]2C1. The largest absolute Gasteiger partial charge is 0.393 e. The molecule has 2 unspecified atom stereocenters. The van der Waals surface area contributed by atoms with Crippen LogP contribution in [-0.2, 0) is 0 Å². The van der Waals surface area contributed by atoms with Crippen molar-refractivity contribution in [2.24, 2.45) is 34.5 Å². The third-order valence-corrected chi connectivity index (χ3v) is 9.98. The van der Waals surface area contributed by atoms with Crippen LogP contribution in [0.1, 0.15) is 71.1 Å². The van der Waals surface area contributed by atoms with Crippen molar-refractivity contribution in [3.05, 3.63) is 39.6 Å². The first-order valence-corrected chi connectivity index (χ1v) is 11.9. The topological polar surface area (TPSA) is 20.2 Å². The smallest absolute Gasteiger partial charge is 0.0577 e. The van der Waals surface area contributed by atoms with Crippen LogP contribution in [0.4, 0.5) is 0 Å². The van der Waals surface area contributed by atoms with Crippen LogP contribution in [0.2, 0.25) is 0 Å². The third kappa shape index (κ3) is 2.45. The molecule has 1 aromatic heterocycles. The molecule has 2 heteroatoms. The number of hydrogen-bond acceptors (Lipinski definition) is 2. The minimum Gasteiger partial charge on any atom is -0.393 e. The molecular formula is C25H34OS. The monoisotopic (exact) mass is 382 g/mol. The van der Waals surface area contributed by atoms with Gasteiger partial charge in [-0.2, -0.15) is 0 Å². The van der Waals surface area contributed by atoms with E-state index in [9.17, 15) is 5.11 Å². The third-order valence-electron chi connectivity index (χ3n) is 9.09. The summed E-state index contributed by atoms with van der Waals surface area (Å²) in [5.74, 6) is 3.02. The van der Waals surface area contributed by atoms with E-state index in [1.54, 1.807) is 16.7 Å². The molecule has 0 saturated heterocycles. The lowest BCUT2D eigenvalue weighted by molar-refractivity contribution is -0.0428. The molecule has 4 aliphatic rings. The van der Waals surface area contributed by atoms with E-state index >= 15 is 0 Å². The lowest BCUT2D eigenvalue weighted by Gasteiger charge is -2.59. The summed E-state index contributed by atoms with van der Waals surface area (Å²) >= 11 is 1.93. The number of allylic oxidation sites excluding steroid dienone is 3. The minimum absolute atomic E-state index is 0.109. The van der Waals surface area contributed by atoms with Gasteiger partial charge in [-0.05, 0) is 97.0 Å². The molecule has 5 rings (SSSR count). The maximum absolute atomic E-state index is 10.3. The molecule has 0 aromatic carbocycles. The van der Waals surface area contributed by atoms with E-state index in [0.717, 1.165) is 30.6 Å². The van der Waals surface area contributed by atoms with Crippen molar-refractivity contribution >= 4 is 16.9 Å². The molecule has 0 spiro atoms. The van der Waals surface area contributed by atoms with Crippen LogP contribution in [-0.4, -0.2) is 11.2 Å². The molecule has 1 aromatic rings. The first-order chi connectivity index (χ1) is 12.8. The van der Waals surface area contributed by atoms with Gasteiger partial charge in [0.15, 0.2) is 0 Å². The molecule has 0 radical (unpaired) electrons. The normalized spacial score (nSPS) is 46.6. The standard InChI is InChI=1S/C25H34OS/c1-15-12-17-14-18(26)7-9-24(17,3)19-8-10-25(4)20(22(15)19)13-16(2)23(25)21-6-5-11-27-21/h5-6,11-12,15,18-20,22,26H,7-10,13-14H2,1-4H3/t15?,18?,19-,20+,22-,24+,25+/m1/s1. The van der Waals surface area contributed by atoms with Gasteiger partial charge in [0, 0.05) is 4.88 Å². The highest BCUT2D eigenvalue weighted by Gasteiger charge is 2.59. The van der Waals surface area contributed by atoms with Crippen LogP contribution in [0.15, 0.2) is 34.7 Å². The van der Waals surface area contributed by atoms with Gasteiger partial charge < -0.3 is 5.11 Å². The summed E-state index contributed by atoms with van der Waals surface area (Å²) in [6, 6.07) is 4.56. The molecule has 2 saturated carbocycles. The number of fused-ring (bicyclic) bond motifs is 5.